The first-order valence-electron chi connectivity index (χ1n) is 4.43. The van der Waals surface area contributed by atoms with Crippen LogP contribution < -0.4 is 0 Å². The molecule has 0 amide bonds. The van der Waals surface area contributed by atoms with Crippen molar-refractivity contribution in [3.8, 4) is 0 Å². The van der Waals surface area contributed by atoms with Gasteiger partial charge in [0.05, 0.1) is 0 Å². The SMILES string of the molecule is CC(C)(C)C(=O)c1cc(F)c(Cl)c(F)c1. The van der Waals surface area contributed by atoms with E-state index in [0.717, 1.165) is 12.1 Å². The Morgan fingerprint density at radius 2 is 1.60 bits per heavy atom. The first-order chi connectivity index (χ1) is 6.73. The molecule has 0 aliphatic heterocycles. The van der Waals surface area contributed by atoms with Gasteiger partial charge in [0.2, 0.25) is 0 Å². The summed E-state index contributed by atoms with van der Waals surface area (Å²) in [6.45, 7) is 5.04. The van der Waals surface area contributed by atoms with E-state index in [2.05, 4.69) is 0 Å². The highest BCUT2D eigenvalue weighted by Gasteiger charge is 2.24. The molecule has 0 N–H and O–H groups in total. The van der Waals surface area contributed by atoms with Crippen LogP contribution in [0.4, 0.5) is 8.78 Å². The van der Waals surface area contributed by atoms with Crippen molar-refractivity contribution in [3.05, 3.63) is 34.4 Å². The Hall–Kier alpha value is -0.960. The lowest BCUT2D eigenvalue weighted by Gasteiger charge is -2.16. The lowest BCUT2D eigenvalue weighted by molar-refractivity contribution is 0.0857. The summed E-state index contributed by atoms with van der Waals surface area (Å²) in [5.74, 6) is -2.15. The molecule has 0 aliphatic carbocycles. The molecule has 0 radical (unpaired) electrons. The van der Waals surface area contributed by atoms with Crippen molar-refractivity contribution >= 4 is 17.4 Å². The smallest absolute Gasteiger partial charge is 0.168 e. The van der Waals surface area contributed by atoms with E-state index in [4.69, 9.17) is 11.6 Å². The number of carbonyl (C=O) groups excluding carboxylic acids is 1. The third-order valence-electron chi connectivity index (χ3n) is 1.93. The Kier molecular flexibility index (Phi) is 3.14. The molecule has 0 fully saturated rings. The summed E-state index contributed by atoms with van der Waals surface area (Å²) in [5.41, 5.74) is -0.672. The van der Waals surface area contributed by atoms with Crippen molar-refractivity contribution in [2.75, 3.05) is 0 Å². The van der Waals surface area contributed by atoms with Gasteiger partial charge in [0.1, 0.15) is 16.7 Å². The van der Waals surface area contributed by atoms with Crippen molar-refractivity contribution in [1.29, 1.82) is 0 Å². The van der Waals surface area contributed by atoms with Gasteiger partial charge in [-0.15, -0.1) is 0 Å². The topological polar surface area (TPSA) is 17.1 Å². The molecule has 82 valence electrons. The van der Waals surface area contributed by atoms with Crippen LogP contribution in [-0.2, 0) is 0 Å². The fourth-order valence-electron chi connectivity index (χ4n) is 1.12. The van der Waals surface area contributed by atoms with E-state index in [-0.39, 0.29) is 11.3 Å². The fourth-order valence-corrected chi connectivity index (χ4v) is 1.23. The molecule has 1 aromatic carbocycles. The highest BCUT2D eigenvalue weighted by molar-refractivity contribution is 6.31. The van der Waals surface area contributed by atoms with Gasteiger partial charge in [-0.05, 0) is 12.1 Å². The zero-order chi connectivity index (χ0) is 11.8. The van der Waals surface area contributed by atoms with Crippen LogP contribution in [-0.4, -0.2) is 5.78 Å². The van der Waals surface area contributed by atoms with Gasteiger partial charge in [0.15, 0.2) is 5.78 Å². The maximum atomic E-state index is 13.1. The van der Waals surface area contributed by atoms with E-state index in [9.17, 15) is 13.6 Å². The largest absolute Gasteiger partial charge is 0.294 e. The molecular weight excluding hydrogens is 222 g/mol. The summed E-state index contributed by atoms with van der Waals surface area (Å²) in [6.07, 6.45) is 0. The number of hydrogen-bond acceptors (Lipinski definition) is 1. The number of rotatable bonds is 1. The summed E-state index contributed by atoms with van der Waals surface area (Å²) in [7, 11) is 0. The van der Waals surface area contributed by atoms with Crippen LogP contribution in [0.25, 0.3) is 0 Å². The van der Waals surface area contributed by atoms with Crippen molar-refractivity contribution in [2.45, 2.75) is 20.8 Å². The standard InChI is InChI=1S/C11H11ClF2O/c1-11(2,3)10(15)6-4-7(13)9(12)8(14)5-6/h4-5H,1-3H3. The van der Waals surface area contributed by atoms with Crippen LogP contribution in [0.3, 0.4) is 0 Å². The van der Waals surface area contributed by atoms with E-state index >= 15 is 0 Å². The summed E-state index contributed by atoms with van der Waals surface area (Å²) in [5, 5.41) is -0.583. The maximum Gasteiger partial charge on any atom is 0.168 e. The van der Waals surface area contributed by atoms with Gasteiger partial charge >= 0.3 is 0 Å². The minimum atomic E-state index is -0.913. The van der Waals surface area contributed by atoms with Crippen LogP contribution in [0.15, 0.2) is 12.1 Å². The summed E-state index contributed by atoms with van der Waals surface area (Å²) >= 11 is 5.31. The molecule has 0 atom stereocenters. The van der Waals surface area contributed by atoms with Crippen LogP contribution >= 0.6 is 11.6 Å². The molecular formula is C11H11ClF2O. The quantitative estimate of drug-likeness (QED) is 0.531. The molecule has 0 spiro atoms. The average molecular weight is 233 g/mol. The van der Waals surface area contributed by atoms with Crippen LogP contribution in [0.1, 0.15) is 31.1 Å². The minimum Gasteiger partial charge on any atom is -0.294 e. The second-order valence-corrected chi connectivity index (χ2v) is 4.71. The zero-order valence-corrected chi connectivity index (χ0v) is 9.45. The average Bonchev–Trinajstić information content (AvgIpc) is 2.10. The van der Waals surface area contributed by atoms with Crippen LogP contribution in [0.2, 0.25) is 5.02 Å². The van der Waals surface area contributed by atoms with E-state index in [1.54, 1.807) is 20.8 Å². The number of halogens is 3. The second-order valence-electron chi connectivity index (χ2n) is 4.33. The molecule has 1 nitrogen and oxygen atoms in total. The summed E-state index contributed by atoms with van der Waals surface area (Å²) in [4.78, 5) is 11.7. The van der Waals surface area contributed by atoms with E-state index < -0.39 is 22.1 Å². The Bertz CT molecular complexity index is 385. The first kappa shape index (κ1) is 12.1. The molecule has 0 heterocycles. The molecule has 0 unspecified atom stereocenters. The fraction of sp³-hybridized carbons (Fsp3) is 0.364. The predicted octanol–water partition coefficient (Wildman–Crippen LogP) is 3.85. The number of ketones is 1. The van der Waals surface area contributed by atoms with Crippen LogP contribution in [0, 0.1) is 17.0 Å². The van der Waals surface area contributed by atoms with Crippen LogP contribution in [0.5, 0.6) is 0 Å². The molecule has 1 aromatic rings. The Morgan fingerprint density at radius 3 is 1.93 bits per heavy atom. The first-order valence-corrected chi connectivity index (χ1v) is 4.80. The number of carbonyl (C=O) groups is 1. The van der Waals surface area contributed by atoms with Gasteiger partial charge in [-0.3, -0.25) is 4.79 Å². The Balaban J connectivity index is 3.24. The molecule has 4 heteroatoms. The normalized spacial score (nSPS) is 11.6. The van der Waals surface area contributed by atoms with E-state index in [1.165, 1.54) is 0 Å². The third-order valence-corrected chi connectivity index (χ3v) is 2.29. The van der Waals surface area contributed by atoms with Gasteiger partial charge in [0, 0.05) is 11.0 Å². The molecule has 15 heavy (non-hydrogen) atoms. The minimum absolute atomic E-state index is 0.00176. The maximum absolute atomic E-state index is 13.1. The molecule has 1 rings (SSSR count). The Labute approximate surface area is 92.1 Å². The molecule has 0 saturated heterocycles. The highest BCUT2D eigenvalue weighted by atomic mass is 35.5. The highest BCUT2D eigenvalue weighted by Crippen LogP contribution is 2.25. The summed E-state index contributed by atoms with van der Waals surface area (Å²) < 4.78 is 26.1. The second kappa shape index (κ2) is 3.89. The van der Waals surface area contributed by atoms with E-state index in [1.807, 2.05) is 0 Å². The number of Topliss-reactive ketones (excluding diaryl/α,β-unsaturated/α-hetero) is 1. The molecule has 0 aliphatic rings. The molecule has 0 bridgehead atoms. The zero-order valence-electron chi connectivity index (χ0n) is 8.70. The number of benzene rings is 1. The van der Waals surface area contributed by atoms with Crippen molar-refractivity contribution in [3.63, 3.8) is 0 Å². The van der Waals surface area contributed by atoms with Crippen molar-refractivity contribution in [2.24, 2.45) is 5.41 Å². The molecule has 0 saturated carbocycles. The Morgan fingerprint density at radius 1 is 1.20 bits per heavy atom. The third kappa shape index (κ3) is 2.53. The lowest BCUT2D eigenvalue weighted by Crippen LogP contribution is -2.20. The summed E-state index contributed by atoms with van der Waals surface area (Å²) in [6, 6.07) is 1.91. The van der Waals surface area contributed by atoms with Gasteiger partial charge in [-0.25, -0.2) is 8.78 Å². The molecule has 0 aromatic heterocycles. The van der Waals surface area contributed by atoms with Crippen molar-refractivity contribution < 1.29 is 13.6 Å². The van der Waals surface area contributed by atoms with Gasteiger partial charge in [0.25, 0.3) is 0 Å². The monoisotopic (exact) mass is 232 g/mol. The number of hydrogen-bond donors (Lipinski definition) is 0. The van der Waals surface area contributed by atoms with Gasteiger partial charge < -0.3 is 0 Å². The van der Waals surface area contributed by atoms with E-state index in [0.29, 0.717) is 0 Å². The van der Waals surface area contributed by atoms with Gasteiger partial charge in [-0.1, -0.05) is 32.4 Å². The lowest BCUT2D eigenvalue weighted by atomic mass is 9.86. The predicted molar refractivity (Wildman–Crippen MR) is 55.2 cm³/mol. The van der Waals surface area contributed by atoms with Crippen molar-refractivity contribution in [1.82, 2.24) is 0 Å². The van der Waals surface area contributed by atoms with Gasteiger partial charge in [-0.2, -0.15) is 0 Å².